The van der Waals surface area contributed by atoms with Gasteiger partial charge in [-0.15, -0.1) is 0 Å². The molecule has 0 saturated heterocycles. The van der Waals surface area contributed by atoms with Crippen molar-refractivity contribution in [1.82, 2.24) is 0 Å². The summed E-state index contributed by atoms with van der Waals surface area (Å²) >= 11 is 0. The normalized spacial score (nSPS) is 14.4. The highest BCUT2D eigenvalue weighted by Crippen LogP contribution is 2.45. The molecule has 4 unspecified atom stereocenters. The standard InChI is InChI=1S/C75H146O17P2/c1-9-68(8)54-46-38-30-23-25-32-40-48-56-73(78)86-61-70(91-74(79)57-49-41-33-21-19-17-15-13-11-10-12-14-16-18-20-27-35-43-51-65(2)3)63-89-93(81,82)87-59-69(76)60-88-94(83,84)90-64-71(92-75(80)58-50-42-34-26-29-37-45-53-67(6)7)62-85-72(77)55-47-39-31-24-22-28-36-44-52-66(4)5/h65-71,76H,9-64H2,1-8H3,(H,81,82)(H,83,84)/t68?,69?,70-,71-/m1/s1. The van der Waals surface area contributed by atoms with E-state index in [4.69, 9.17) is 37.0 Å². The predicted molar refractivity (Wildman–Crippen MR) is 381 cm³/mol. The van der Waals surface area contributed by atoms with E-state index in [0.717, 1.165) is 108 Å². The molecule has 6 atom stereocenters. The van der Waals surface area contributed by atoms with E-state index in [-0.39, 0.29) is 25.7 Å². The highest BCUT2D eigenvalue weighted by Gasteiger charge is 2.30. The summed E-state index contributed by atoms with van der Waals surface area (Å²) in [5.41, 5.74) is 0. The maximum absolute atomic E-state index is 13.1. The topological polar surface area (TPSA) is 237 Å². The van der Waals surface area contributed by atoms with Crippen LogP contribution in [0.5, 0.6) is 0 Å². The Hall–Kier alpha value is -1.94. The fourth-order valence-corrected chi connectivity index (χ4v) is 12.9. The maximum atomic E-state index is 13.1. The summed E-state index contributed by atoms with van der Waals surface area (Å²) in [6, 6.07) is 0. The number of carbonyl (C=O) groups is 4. The van der Waals surface area contributed by atoms with Gasteiger partial charge in [0.25, 0.3) is 0 Å². The molecule has 3 N–H and O–H groups in total. The number of hydrogen-bond acceptors (Lipinski definition) is 15. The number of esters is 4. The summed E-state index contributed by atoms with van der Waals surface area (Å²) in [5.74, 6) is 0.894. The Bertz CT molecular complexity index is 1850. The van der Waals surface area contributed by atoms with Crippen LogP contribution in [0.25, 0.3) is 0 Å². The molecule has 94 heavy (non-hydrogen) atoms. The first kappa shape index (κ1) is 92.1. The van der Waals surface area contributed by atoms with Gasteiger partial charge in [-0.2, -0.15) is 0 Å². The van der Waals surface area contributed by atoms with Gasteiger partial charge in [-0.25, -0.2) is 9.13 Å². The van der Waals surface area contributed by atoms with Crippen molar-refractivity contribution in [3.8, 4) is 0 Å². The van der Waals surface area contributed by atoms with Crippen LogP contribution in [0.1, 0.15) is 376 Å². The number of phosphoric ester groups is 2. The van der Waals surface area contributed by atoms with Crippen LogP contribution in [0, 0.1) is 23.7 Å². The first-order valence-corrected chi connectivity index (χ1v) is 41.7. The lowest BCUT2D eigenvalue weighted by Gasteiger charge is -2.21. The number of aliphatic hydroxyl groups is 1. The minimum atomic E-state index is -4.96. The van der Waals surface area contributed by atoms with Gasteiger partial charge >= 0.3 is 39.5 Å². The molecule has 0 aromatic rings. The monoisotopic (exact) mass is 1380 g/mol. The Morgan fingerprint density at radius 2 is 0.511 bits per heavy atom. The zero-order valence-electron chi connectivity index (χ0n) is 61.6. The Balaban J connectivity index is 5.19. The van der Waals surface area contributed by atoms with E-state index < -0.39 is 97.5 Å². The lowest BCUT2D eigenvalue weighted by Crippen LogP contribution is -2.30. The Kier molecular flexibility index (Phi) is 63.1. The van der Waals surface area contributed by atoms with Crippen molar-refractivity contribution in [2.24, 2.45) is 23.7 Å². The molecule has 0 fully saturated rings. The fourth-order valence-electron chi connectivity index (χ4n) is 11.3. The van der Waals surface area contributed by atoms with Crippen LogP contribution in [0.2, 0.25) is 0 Å². The Morgan fingerprint density at radius 1 is 0.298 bits per heavy atom. The third-order valence-corrected chi connectivity index (χ3v) is 19.6. The first-order chi connectivity index (χ1) is 45.1. The van der Waals surface area contributed by atoms with E-state index >= 15 is 0 Å². The molecule has 0 aliphatic heterocycles. The van der Waals surface area contributed by atoms with Crippen LogP contribution in [0.15, 0.2) is 0 Å². The summed E-state index contributed by atoms with van der Waals surface area (Å²) in [7, 11) is -9.91. The van der Waals surface area contributed by atoms with Gasteiger partial charge < -0.3 is 33.8 Å². The Morgan fingerprint density at radius 3 is 0.755 bits per heavy atom. The van der Waals surface area contributed by atoms with Crippen LogP contribution in [0.4, 0.5) is 0 Å². The number of hydrogen-bond donors (Lipinski definition) is 3. The van der Waals surface area contributed by atoms with E-state index in [2.05, 4.69) is 55.4 Å². The molecule has 0 rings (SSSR count). The van der Waals surface area contributed by atoms with E-state index in [0.29, 0.717) is 31.6 Å². The third-order valence-electron chi connectivity index (χ3n) is 17.7. The molecule has 0 aromatic heterocycles. The molecule has 0 bridgehead atoms. The van der Waals surface area contributed by atoms with Gasteiger partial charge in [-0.1, -0.05) is 325 Å². The number of ether oxygens (including phenoxy) is 4. The van der Waals surface area contributed by atoms with Gasteiger partial charge in [0.05, 0.1) is 26.4 Å². The number of aliphatic hydroxyl groups excluding tert-OH is 1. The third kappa shape index (κ3) is 67.3. The van der Waals surface area contributed by atoms with Crippen molar-refractivity contribution < 1.29 is 80.2 Å². The molecule has 0 heterocycles. The maximum Gasteiger partial charge on any atom is 0.472 e. The van der Waals surface area contributed by atoms with Gasteiger partial charge in [-0.05, 0) is 49.4 Å². The smallest absolute Gasteiger partial charge is 0.462 e. The largest absolute Gasteiger partial charge is 0.472 e. The van der Waals surface area contributed by atoms with Crippen LogP contribution in [-0.4, -0.2) is 96.7 Å². The van der Waals surface area contributed by atoms with E-state index in [9.17, 15) is 43.2 Å². The highest BCUT2D eigenvalue weighted by molar-refractivity contribution is 7.47. The van der Waals surface area contributed by atoms with Crippen molar-refractivity contribution in [1.29, 1.82) is 0 Å². The van der Waals surface area contributed by atoms with Crippen LogP contribution in [0.3, 0.4) is 0 Å². The fraction of sp³-hybridized carbons (Fsp3) is 0.947. The van der Waals surface area contributed by atoms with E-state index in [1.54, 1.807) is 0 Å². The second-order valence-electron chi connectivity index (χ2n) is 28.7. The molecule has 0 amide bonds. The zero-order chi connectivity index (χ0) is 69.6. The van der Waals surface area contributed by atoms with Crippen LogP contribution < -0.4 is 0 Å². The average Bonchev–Trinajstić information content (AvgIpc) is 1.57. The number of unbranched alkanes of at least 4 members (excludes halogenated alkanes) is 37. The quantitative estimate of drug-likeness (QED) is 0.0222. The van der Waals surface area contributed by atoms with Crippen LogP contribution in [-0.2, 0) is 65.4 Å². The number of phosphoric acid groups is 2. The summed E-state index contributed by atoms with van der Waals surface area (Å²) in [6.07, 6.45) is 48.8. The summed E-state index contributed by atoms with van der Waals surface area (Å²) in [4.78, 5) is 72.7. The SMILES string of the molecule is CCC(C)CCCCCCCCCCC(=O)OC[C@H](COP(=O)(O)OCC(O)COP(=O)(O)OC[C@@H](COC(=O)CCCCCCCCCCC(C)C)OC(=O)CCCCCCCCCC(C)C)OC(=O)CCCCCCCCCCCCCCCCCCCCC(C)C. The molecule has 558 valence electrons. The van der Waals surface area contributed by atoms with Crippen molar-refractivity contribution in [2.45, 2.75) is 395 Å². The molecule has 0 aliphatic carbocycles. The molecule has 0 radical (unpaired) electrons. The zero-order valence-corrected chi connectivity index (χ0v) is 63.4. The summed E-state index contributed by atoms with van der Waals surface area (Å²) < 4.78 is 68.4. The van der Waals surface area contributed by atoms with Crippen molar-refractivity contribution >= 4 is 39.5 Å². The lowest BCUT2D eigenvalue weighted by atomic mass is 9.99. The molecule has 0 saturated carbocycles. The molecular formula is C75H146O17P2. The van der Waals surface area contributed by atoms with Gasteiger partial charge in [0.1, 0.15) is 19.3 Å². The second kappa shape index (κ2) is 64.4. The molecule has 0 aliphatic rings. The van der Waals surface area contributed by atoms with Crippen LogP contribution >= 0.6 is 15.6 Å². The molecule has 19 heteroatoms. The van der Waals surface area contributed by atoms with Gasteiger partial charge in [0, 0.05) is 25.7 Å². The van der Waals surface area contributed by atoms with E-state index in [1.165, 1.54) is 180 Å². The van der Waals surface area contributed by atoms with Gasteiger partial charge in [0.15, 0.2) is 12.2 Å². The second-order valence-corrected chi connectivity index (χ2v) is 31.6. The molecular weight excluding hydrogens is 1230 g/mol. The molecule has 0 spiro atoms. The van der Waals surface area contributed by atoms with Crippen molar-refractivity contribution in [2.75, 3.05) is 39.6 Å². The average molecular weight is 1380 g/mol. The number of rotatable bonds is 72. The van der Waals surface area contributed by atoms with E-state index in [1.807, 2.05) is 0 Å². The van der Waals surface area contributed by atoms with Gasteiger partial charge in [0.2, 0.25) is 0 Å². The summed E-state index contributed by atoms with van der Waals surface area (Å²) in [5, 5.41) is 10.6. The van der Waals surface area contributed by atoms with Crippen molar-refractivity contribution in [3.05, 3.63) is 0 Å². The summed E-state index contributed by atoms with van der Waals surface area (Å²) in [6.45, 7) is 14.1. The Labute approximate surface area is 575 Å². The van der Waals surface area contributed by atoms with Crippen molar-refractivity contribution in [3.63, 3.8) is 0 Å². The first-order valence-electron chi connectivity index (χ1n) is 38.7. The highest BCUT2D eigenvalue weighted by atomic mass is 31.2. The van der Waals surface area contributed by atoms with Gasteiger partial charge in [-0.3, -0.25) is 37.3 Å². The minimum absolute atomic E-state index is 0.103. The predicted octanol–water partition coefficient (Wildman–Crippen LogP) is 21.7. The number of carbonyl (C=O) groups excluding carboxylic acids is 4. The molecule has 0 aromatic carbocycles. The molecule has 17 nitrogen and oxygen atoms in total. The lowest BCUT2D eigenvalue weighted by molar-refractivity contribution is -0.161. The minimum Gasteiger partial charge on any atom is -0.462 e.